The zero-order chi connectivity index (χ0) is 43.2. The van der Waals surface area contributed by atoms with Crippen molar-refractivity contribution in [2.24, 2.45) is 5.10 Å². The second-order valence-electron chi connectivity index (χ2n) is 17.3. The van der Waals surface area contributed by atoms with E-state index in [1.807, 2.05) is 31.2 Å². The quantitative estimate of drug-likeness (QED) is 0.0399. The first-order valence-corrected chi connectivity index (χ1v) is 25.4. The fraction of sp³-hybridized carbons (Fsp3) is 0.846. The van der Waals surface area contributed by atoms with E-state index in [0.717, 1.165) is 37.4 Å². The highest BCUT2D eigenvalue weighted by molar-refractivity contribution is 5.99. The van der Waals surface area contributed by atoms with Gasteiger partial charge in [0.1, 0.15) is 25.1 Å². The van der Waals surface area contributed by atoms with Gasteiger partial charge in [-0.15, -0.1) is 0 Å². The van der Waals surface area contributed by atoms with Crippen LogP contribution in [-0.4, -0.2) is 71.1 Å². The molecule has 1 N–H and O–H groups in total. The molecule has 8 heteroatoms. The van der Waals surface area contributed by atoms with Crippen molar-refractivity contribution in [2.75, 3.05) is 53.4 Å². The minimum atomic E-state index is -0.298. The Morgan fingerprint density at radius 1 is 0.517 bits per heavy atom. The van der Waals surface area contributed by atoms with Crippen LogP contribution in [0.1, 0.15) is 232 Å². The number of hydrogen-bond donors (Lipinski definition) is 1. The van der Waals surface area contributed by atoms with Crippen molar-refractivity contribution in [1.82, 2.24) is 5.43 Å². The molecular weight excluding hydrogens is 749 g/mol. The smallest absolute Gasteiger partial charge is 0.266 e. The highest BCUT2D eigenvalue weighted by atomic mass is 16.6. The third-order valence-electron chi connectivity index (χ3n) is 11.5. The van der Waals surface area contributed by atoms with Crippen LogP contribution in [0.5, 0.6) is 5.75 Å². The topological polar surface area (TPSA) is 87.6 Å². The molecule has 350 valence electrons. The van der Waals surface area contributed by atoms with Crippen molar-refractivity contribution < 1.29 is 28.5 Å². The molecule has 1 rings (SSSR count). The third kappa shape index (κ3) is 37.7. The van der Waals surface area contributed by atoms with Crippen LogP contribution in [0, 0.1) is 0 Å². The number of carbonyl (C=O) groups is 1. The summed E-state index contributed by atoms with van der Waals surface area (Å²) in [5, 5.41) is 4.22. The van der Waals surface area contributed by atoms with Gasteiger partial charge in [-0.2, -0.15) is 5.10 Å². The molecule has 0 unspecified atom stereocenters. The highest BCUT2D eigenvalue weighted by Gasteiger charge is 2.12. The predicted octanol–water partition coefficient (Wildman–Crippen LogP) is 14.5. The number of unbranched alkanes of at least 4 members (excludes halogenated alkanes) is 30. The summed E-state index contributed by atoms with van der Waals surface area (Å²) in [6, 6.07) is 7.78. The summed E-state index contributed by atoms with van der Waals surface area (Å²) in [5.74, 6) is 0.476. The lowest BCUT2D eigenvalue weighted by atomic mass is 10.0. The van der Waals surface area contributed by atoms with Gasteiger partial charge in [0, 0.05) is 20.3 Å². The number of hydrazone groups is 1. The molecule has 0 heterocycles. The molecule has 1 amide bonds. The van der Waals surface area contributed by atoms with Crippen LogP contribution in [0.2, 0.25) is 0 Å². The second kappa shape index (κ2) is 45.0. The Balaban J connectivity index is 2.31. The fourth-order valence-electron chi connectivity index (χ4n) is 7.54. The van der Waals surface area contributed by atoms with E-state index >= 15 is 0 Å². The van der Waals surface area contributed by atoms with E-state index in [2.05, 4.69) is 24.4 Å². The van der Waals surface area contributed by atoms with Gasteiger partial charge >= 0.3 is 0 Å². The molecule has 1 aromatic carbocycles. The number of methoxy groups -OCH3 is 1. The van der Waals surface area contributed by atoms with Crippen molar-refractivity contribution in [3.05, 3.63) is 29.8 Å². The monoisotopic (exact) mass is 845 g/mol. The summed E-state index contributed by atoms with van der Waals surface area (Å²) < 4.78 is 28.9. The van der Waals surface area contributed by atoms with Crippen molar-refractivity contribution in [1.29, 1.82) is 0 Å². The lowest BCUT2D eigenvalue weighted by molar-refractivity contribution is -0.126. The van der Waals surface area contributed by atoms with Crippen molar-refractivity contribution in [3.63, 3.8) is 0 Å². The maximum Gasteiger partial charge on any atom is 0.266 e. The number of nitrogens with one attached hydrogen (secondary N) is 1. The molecule has 60 heavy (non-hydrogen) atoms. The average Bonchev–Trinajstić information content (AvgIpc) is 3.26. The Morgan fingerprint density at radius 2 is 0.933 bits per heavy atom. The molecular formula is C52H96N2O6. The molecule has 0 spiro atoms. The van der Waals surface area contributed by atoms with E-state index in [0.29, 0.717) is 32.1 Å². The molecule has 0 bridgehead atoms. The number of benzene rings is 1. The van der Waals surface area contributed by atoms with Crippen LogP contribution in [0.15, 0.2) is 29.4 Å². The minimum Gasteiger partial charge on any atom is -0.491 e. The van der Waals surface area contributed by atoms with Gasteiger partial charge in [0.05, 0.1) is 25.5 Å². The number of rotatable bonds is 47. The lowest BCUT2D eigenvalue weighted by Crippen LogP contribution is -2.28. The number of nitrogens with zero attached hydrogens (tertiary/aromatic N) is 1. The molecule has 0 fully saturated rings. The Bertz CT molecular complexity index is 1070. The molecule has 1 aromatic rings. The third-order valence-corrected chi connectivity index (χ3v) is 11.5. The summed E-state index contributed by atoms with van der Waals surface area (Å²) in [5.41, 5.74) is 4.16. The van der Waals surface area contributed by atoms with Crippen molar-refractivity contribution in [3.8, 4) is 5.75 Å². The predicted molar refractivity (Wildman–Crippen MR) is 255 cm³/mol. The summed E-state index contributed by atoms with van der Waals surface area (Å²) in [6.45, 7) is 9.72. The number of hydrogen-bond acceptors (Lipinski definition) is 7. The number of carbonyl (C=O) groups excluding carboxylic acids is 1. The van der Waals surface area contributed by atoms with Crippen LogP contribution < -0.4 is 10.2 Å². The zero-order valence-electron chi connectivity index (χ0n) is 39.9. The largest absolute Gasteiger partial charge is 0.491 e. The van der Waals surface area contributed by atoms with Gasteiger partial charge in [-0.05, 0) is 49.6 Å². The standard InChI is InChI=1S/C52H96N2O6/c1-5-7-9-11-13-15-17-19-21-23-25-27-29-31-33-35-41-57-45-51(59-42-36-34-32-30-28-26-24-22-20-18-16-14-12-10-8-6-2)46-60-50-39-37-49(38-40-50)48(3)53-54-52(55)47-58-44-43-56-4/h37-40,51H,5-36,41-47H2,1-4H3,(H,54,55)/b53-48+/t51-/m1/s1. The van der Waals surface area contributed by atoms with Gasteiger partial charge in [0.25, 0.3) is 5.91 Å². The molecule has 8 nitrogen and oxygen atoms in total. The molecule has 0 aliphatic heterocycles. The average molecular weight is 845 g/mol. The van der Waals surface area contributed by atoms with Gasteiger partial charge < -0.3 is 23.7 Å². The SMILES string of the molecule is CCCCCCCCCCCCCCCCCCOC[C@H](COc1ccc(/C(C)=N/NC(=O)COCCOC)cc1)OCCCCCCCCCCCCCCCCCC. The molecule has 0 aliphatic rings. The van der Waals surface area contributed by atoms with Gasteiger partial charge in [-0.3, -0.25) is 4.79 Å². The lowest BCUT2D eigenvalue weighted by Gasteiger charge is -2.19. The van der Waals surface area contributed by atoms with Crippen LogP contribution in [-0.2, 0) is 23.7 Å². The number of ether oxygens (including phenoxy) is 5. The molecule has 1 atom stereocenters. The number of amides is 1. The van der Waals surface area contributed by atoms with Gasteiger partial charge in [0.15, 0.2) is 0 Å². The maximum atomic E-state index is 12.0. The highest BCUT2D eigenvalue weighted by Crippen LogP contribution is 2.17. The van der Waals surface area contributed by atoms with Crippen molar-refractivity contribution in [2.45, 2.75) is 232 Å². The van der Waals surface area contributed by atoms with E-state index in [1.54, 1.807) is 7.11 Å². The van der Waals surface area contributed by atoms with E-state index in [1.165, 1.54) is 193 Å². The van der Waals surface area contributed by atoms with Gasteiger partial charge in [-0.25, -0.2) is 5.43 Å². The Kier molecular flexibility index (Phi) is 42.0. The molecule has 0 saturated heterocycles. The summed E-state index contributed by atoms with van der Waals surface area (Å²) in [6.07, 6.45) is 43.7. The first-order chi connectivity index (χ1) is 29.6. The van der Waals surface area contributed by atoms with Crippen LogP contribution in [0.3, 0.4) is 0 Å². The van der Waals surface area contributed by atoms with Crippen LogP contribution in [0.4, 0.5) is 0 Å². The van der Waals surface area contributed by atoms with E-state index < -0.39 is 0 Å². The normalized spacial score (nSPS) is 12.3. The van der Waals surface area contributed by atoms with Gasteiger partial charge in [-0.1, -0.05) is 206 Å². The minimum absolute atomic E-state index is 0.0567. The van der Waals surface area contributed by atoms with Gasteiger partial charge in [0.2, 0.25) is 0 Å². The molecule has 0 radical (unpaired) electrons. The first kappa shape index (κ1) is 56.0. The summed E-state index contributed by atoms with van der Waals surface area (Å²) in [4.78, 5) is 12.0. The Labute approximate surface area is 370 Å². The Morgan fingerprint density at radius 3 is 1.37 bits per heavy atom. The first-order valence-electron chi connectivity index (χ1n) is 25.4. The molecule has 0 aromatic heterocycles. The fourth-order valence-corrected chi connectivity index (χ4v) is 7.54. The van der Waals surface area contributed by atoms with Crippen LogP contribution in [0.25, 0.3) is 0 Å². The van der Waals surface area contributed by atoms with Crippen molar-refractivity contribution >= 4 is 11.6 Å². The van der Waals surface area contributed by atoms with E-state index in [-0.39, 0.29) is 18.6 Å². The van der Waals surface area contributed by atoms with Crippen LogP contribution >= 0.6 is 0 Å². The Hall–Kier alpha value is -2.00. The molecule has 0 aliphatic carbocycles. The van der Waals surface area contributed by atoms with E-state index in [9.17, 15) is 4.79 Å². The summed E-state index contributed by atoms with van der Waals surface area (Å²) in [7, 11) is 1.60. The second-order valence-corrected chi connectivity index (χ2v) is 17.3. The van der Waals surface area contributed by atoms with E-state index in [4.69, 9.17) is 23.7 Å². The molecule has 0 saturated carbocycles. The summed E-state index contributed by atoms with van der Waals surface area (Å²) >= 11 is 0. The maximum absolute atomic E-state index is 12.0. The zero-order valence-corrected chi connectivity index (χ0v) is 39.9.